The van der Waals surface area contributed by atoms with E-state index < -0.39 is 10.0 Å². The van der Waals surface area contributed by atoms with Gasteiger partial charge in [-0.25, -0.2) is 13.4 Å². The molecular weight excluding hydrogens is 332 g/mol. The summed E-state index contributed by atoms with van der Waals surface area (Å²) in [5.41, 5.74) is 0.938. The van der Waals surface area contributed by atoms with Crippen LogP contribution in [0.3, 0.4) is 0 Å². The number of aryl methyl sites for hydroxylation is 1. The molecule has 0 fully saturated rings. The summed E-state index contributed by atoms with van der Waals surface area (Å²) in [6.07, 6.45) is 0. The fourth-order valence-electron chi connectivity index (χ4n) is 1.95. The monoisotopic (exact) mass is 350 g/mol. The number of nitrogens with zero attached hydrogens (tertiary/aromatic N) is 1. The molecular formula is C15H18N4O4S. The van der Waals surface area contributed by atoms with Crippen LogP contribution in [0.15, 0.2) is 35.1 Å². The third kappa shape index (κ3) is 4.92. The van der Waals surface area contributed by atoms with E-state index in [0.717, 1.165) is 0 Å². The molecule has 3 N–H and O–H groups in total. The van der Waals surface area contributed by atoms with Crippen molar-refractivity contribution < 1.29 is 13.2 Å². The molecule has 128 valence electrons. The second-order valence-corrected chi connectivity index (χ2v) is 7.10. The van der Waals surface area contributed by atoms with Crippen molar-refractivity contribution in [3.63, 3.8) is 0 Å². The maximum atomic E-state index is 12.1. The molecule has 0 spiro atoms. The number of hydrogen-bond donors (Lipinski definition) is 3. The zero-order valence-corrected chi connectivity index (χ0v) is 14.1. The van der Waals surface area contributed by atoms with Crippen molar-refractivity contribution in [3.8, 4) is 0 Å². The molecule has 0 bridgehead atoms. The molecule has 1 heterocycles. The van der Waals surface area contributed by atoms with Crippen LogP contribution < -0.4 is 15.6 Å². The van der Waals surface area contributed by atoms with E-state index in [1.807, 2.05) is 0 Å². The van der Waals surface area contributed by atoms with Gasteiger partial charge in [-0.2, -0.15) is 0 Å². The number of amides is 1. The maximum Gasteiger partial charge on any atom is 0.251 e. The normalized spacial score (nSPS) is 11.1. The van der Waals surface area contributed by atoms with E-state index in [0.29, 0.717) is 22.8 Å². The first-order valence-corrected chi connectivity index (χ1v) is 8.90. The Labute approximate surface area is 139 Å². The van der Waals surface area contributed by atoms with E-state index in [-0.39, 0.29) is 23.8 Å². The van der Waals surface area contributed by atoms with E-state index in [9.17, 15) is 18.0 Å². The minimum atomic E-state index is -3.35. The highest BCUT2D eigenvalue weighted by Crippen LogP contribution is 2.11. The fourth-order valence-corrected chi connectivity index (χ4v) is 2.59. The minimum absolute atomic E-state index is 0.0299. The summed E-state index contributed by atoms with van der Waals surface area (Å²) in [7, 11) is -3.35. The molecule has 0 atom stereocenters. The zero-order valence-electron chi connectivity index (χ0n) is 13.3. The standard InChI is InChI=1S/C15H18N4O4S/c1-3-24(22,23)19-12-6-4-11(5-7-12)15(21)16-9-13-8-14(20)18-10(2)17-13/h4-8,19H,3,9H2,1-2H3,(H,16,21)(H,17,18,20). The molecule has 1 aromatic carbocycles. The number of benzene rings is 1. The molecule has 8 nitrogen and oxygen atoms in total. The van der Waals surface area contributed by atoms with Crippen LogP contribution in [0, 0.1) is 6.92 Å². The Kier molecular flexibility index (Phi) is 5.35. The van der Waals surface area contributed by atoms with Crippen molar-refractivity contribution in [2.45, 2.75) is 20.4 Å². The van der Waals surface area contributed by atoms with E-state index >= 15 is 0 Å². The number of nitrogens with one attached hydrogen (secondary N) is 3. The molecule has 24 heavy (non-hydrogen) atoms. The molecule has 1 amide bonds. The van der Waals surface area contributed by atoms with Crippen molar-refractivity contribution in [3.05, 3.63) is 57.8 Å². The van der Waals surface area contributed by atoms with Gasteiger partial charge in [0.05, 0.1) is 18.0 Å². The highest BCUT2D eigenvalue weighted by molar-refractivity contribution is 7.92. The van der Waals surface area contributed by atoms with Crippen LogP contribution in [0.4, 0.5) is 5.69 Å². The zero-order chi connectivity index (χ0) is 17.7. The van der Waals surface area contributed by atoms with E-state index in [1.165, 1.54) is 37.3 Å². The number of hydrogen-bond acceptors (Lipinski definition) is 5. The number of rotatable bonds is 6. The Hall–Kier alpha value is -2.68. The highest BCUT2D eigenvalue weighted by atomic mass is 32.2. The highest BCUT2D eigenvalue weighted by Gasteiger charge is 2.09. The predicted molar refractivity (Wildman–Crippen MR) is 90.3 cm³/mol. The molecule has 9 heteroatoms. The lowest BCUT2D eigenvalue weighted by atomic mass is 10.2. The Balaban J connectivity index is 2.01. The molecule has 0 aliphatic rings. The molecule has 0 saturated heterocycles. The van der Waals surface area contributed by atoms with Gasteiger partial charge >= 0.3 is 0 Å². The lowest BCUT2D eigenvalue weighted by Crippen LogP contribution is -2.24. The van der Waals surface area contributed by atoms with Gasteiger partial charge in [0, 0.05) is 17.3 Å². The van der Waals surface area contributed by atoms with Crippen LogP contribution in [-0.4, -0.2) is 30.0 Å². The molecule has 1 aromatic heterocycles. The summed E-state index contributed by atoms with van der Waals surface area (Å²) in [6.45, 7) is 3.31. The molecule has 2 rings (SSSR count). The van der Waals surface area contributed by atoms with Crippen LogP contribution >= 0.6 is 0 Å². The third-order valence-electron chi connectivity index (χ3n) is 3.14. The molecule has 0 aliphatic heterocycles. The maximum absolute atomic E-state index is 12.1. The quantitative estimate of drug-likeness (QED) is 0.710. The predicted octanol–water partition coefficient (Wildman–Crippen LogP) is 0.770. The van der Waals surface area contributed by atoms with Crippen molar-refractivity contribution in [1.29, 1.82) is 0 Å². The number of aromatic amines is 1. The van der Waals surface area contributed by atoms with Gasteiger partial charge in [-0.1, -0.05) is 0 Å². The Morgan fingerprint density at radius 1 is 1.25 bits per heavy atom. The average Bonchev–Trinajstić information content (AvgIpc) is 2.52. The second-order valence-electron chi connectivity index (χ2n) is 5.09. The first kappa shape index (κ1) is 17.7. The first-order valence-electron chi connectivity index (χ1n) is 7.24. The molecule has 0 radical (unpaired) electrons. The minimum Gasteiger partial charge on any atom is -0.346 e. The van der Waals surface area contributed by atoms with Crippen molar-refractivity contribution in [2.75, 3.05) is 10.5 Å². The number of H-pyrrole nitrogens is 1. The van der Waals surface area contributed by atoms with Gasteiger partial charge < -0.3 is 10.3 Å². The Morgan fingerprint density at radius 3 is 2.50 bits per heavy atom. The Bertz CT molecular complexity index is 888. The fraction of sp³-hybridized carbons (Fsp3) is 0.267. The number of sulfonamides is 1. The van der Waals surface area contributed by atoms with Gasteiger partial charge in [0.15, 0.2) is 0 Å². The summed E-state index contributed by atoms with van der Waals surface area (Å²) in [5, 5.41) is 2.66. The number of carbonyl (C=O) groups excluding carboxylic acids is 1. The van der Waals surface area contributed by atoms with Gasteiger partial charge in [0.25, 0.3) is 11.5 Å². The number of anilines is 1. The SMILES string of the molecule is CCS(=O)(=O)Nc1ccc(C(=O)NCc2cc(=O)[nH]c(C)n2)cc1. The molecule has 0 unspecified atom stereocenters. The summed E-state index contributed by atoms with van der Waals surface area (Å²) in [6, 6.07) is 7.37. The number of aromatic nitrogens is 2. The number of carbonyl (C=O) groups is 1. The van der Waals surface area contributed by atoms with Crippen LogP contribution in [0.1, 0.15) is 28.8 Å². The summed E-state index contributed by atoms with van der Waals surface area (Å²) in [5.74, 6) is 0.0941. The lowest BCUT2D eigenvalue weighted by Gasteiger charge is -2.08. The molecule has 0 aliphatic carbocycles. The van der Waals surface area contributed by atoms with Gasteiger partial charge in [-0.15, -0.1) is 0 Å². The summed E-state index contributed by atoms with van der Waals surface area (Å²) < 4.78 is 25.3. The van der Waals surface area contributed by atoms with Crippen LogP contribution in [0.2, 0.25) is 0 Å². The van der Waals surface area contributed by atoms with Crippen LogP contribution in [0.25, 0.3) is 0 Å². The second kappa shape index (κ2) is 7.26. The van der Waals surface area contributed by atoms with Gasteiger partial charge in [0.1, 0.15) is 5.82 Å². The van der Waals surface area contributed by atoms with Crippen LogP contribution in [0.5, 0.6) is 0 Å². The molecule has 0 saturated carbocycles. The van der Waals surface area contributed by atoms with Gasteiger partial charge in [-0.3, -0.25) is 14.3 Å². The Morgan fingerprint density at radius 2 is 1.92 bits per heavy atom. The summed E-state index contributed by atoms with van der Waals surface area (Å²) >= 11 is 0. The van der Waals surface area contributed by atoms with Crippen molar-refractivity contribution in [2.24, 2.45) is 0 Å². The van der Waals surface area contributed by atoms with E-state index in [1.54, 1.807) is 6.92 Å². The van der Waals surface area contributed by atoms with Crippen molar-refractivity contribution >= 4 is 21.6 Å². The van der Waals surface area contributed by atoms with E-state index in [4.69, 9.17) is 0 Å². The summed E-state index contributed by atoms with van der Waals surface area (Å²) in [4.78, 5) is 30.1. The van der Waals surface area contributed by atoms with E-state index in [2.05, 4.69) is 20.0 Å². The molecule has 2 aromatic rings. The van der Waals surface area contributed by atoms with Gasteiger partial charge in [-0.05, 0) is 38.1 Å². The first-order chi connectivity index (χ1) is 11.3. The third-order valence-corrected chi connectivity index (χ3v) is 4.45. The average molecular weight is 350 g/mol. The van der Waals surface area contributed by atoms with Crippen LogP contribution in [-0.2, 0) is 16.6 Å². The van der Waals surface area contributed by atoms with Crippen molar-refractivity contribution in [1.82, 2.24) is 15.3 Å². The topological polar surface area (TPSA) is 121 Å². The van der Waals surface area contributed by atoms with Gasteiger partial charge in [0.2, 0.25) is 10.0 Å². The lowest BCUT2D eigenvalue weighted by molar-refractivity contribution is 0.0950. The smallest absolute Gasteiger partial charge is 0.251 e. The largest absolute Gasteiger partial charge is 0.346 e.